The first-order valence-electron chi connectivity index (χ1n) is 5.44. The van der Waals surface area contributed by atoms with Crippen LogP contribution >= 0.6 is 0 Å². The molecule has 1 aromatic rings. The van der Waals surface area contributed by atoms with Gasteiger partial charge in [0.1, 0.15) is 6.04 Å². The second-order valence-electron chi connectivity index (χ2n) is 3.79. The van der Waals surface area contributed by atoms with Gasteiger partial charge in [0.25, 0.3) is 5.91 Å². The molecular formula is C13H16N2O3. The summed E-state index contributed by atoms with van der Waals surface area (Å²) in [4.78, 5) is 13.5. The topological polar surface area (TPSA) is 62.6 Å². The van der Waals surface area contributed by atoms with Crippen LogP contribution < -0.4 is 9.47 Å². The summed E-state index contributed by atoms with van der Waals surface area (Å²) in [5.74, 6) is 0.816. The van der Waals surface area contributed by atoms with Crippen LogP contribution in [0, 0.1) is 11.3 Å². The molecule has 0 N–H and O–H groups in total. The fourth-order valence-electron chi connectivity index (χ4n) is 1.44. The van der Waals surface area contributed by atoms with E-state index in [1.807, 2.05) is 6.07 Å². The molecule has 0 saturated heterocycles. The highest BCUT2D eigenvalue weighted by Gasteiger charge is 2.18. The third kappa shape index (κ3) is 2.72. The lowest BCUT2D eigenvalue weighted by Crippen LogP contribution is -2.34. The van der Waals surface area contributed by atoms with Gasteiger partial charge in [-0.25, -0.2) is 0 Å². The van der Waals surface area contributed by atoms with Crippen molar-refractivity contribution >= 4 is 5.91 Å². The zero-order valence-electron chi connectivity index (χ0n) is 10.9. The highest BCUT2D eigenvalue weighted by molar-refractivity contribution is 5.95. The minimum atomic E-state index is -0.481. The molecular weight excluding hydrogens is 232 g/mol. The summed E-state index contributed by atoms with van der Waals surface area (Å²) in [6.45, 7) is 1.67. The number of carbonyl (C=O) groups is 1. The molecule has 0 aliphatic rings. The van der Waals surface area contributed by atoms with Crippen molar-refractivity contribution in [3.63, 3.8) is 0 Å². The first-order chi connectivity index (χ1) is 8.54. The summed E-state index contributed by atoms with van der Waals surface area (Å²) < 4.78 is 10.2. The van der Waals surface area contributed by atoms with Gasteiger partial charge in [0.05, 0.1) is 20.3 Å². The Morgan fingerprint density at radius 2 is 1.94 bits per heavy atom. The summed E-state index contributed by atoms with van der Waals surface area (Å²) in [5.41, 5.74) is 0.456. The van der Waals surface area contributed by atoms with Crippen molar-refractivity contribution in [2.45, 2.75) is 13.0 Å². The van der Waals surface area contributed by atoms with Crippen molar-refractivity contribution in [2.75, 3.05) is 21.3 Å². The third-order valence-corrected chi connectivity index (χ3v) is 2.72. The number of benzene rings is 1. The van der Waals surface area contributed by atoms with Gasteiger partial charge in [-0.15, -0.1) is 0 Å². The lowest BCUT2D eigenvalue weighted by Gasteiger charge is -2.20. The molecule has 0 fully saturated rings. The van der Waals surface area contributed by atoms with Crippen LogP contribution in [0.3, 0.4) is 0 Å². The van der Waals surface area contributed by atoms with Crippen molar-refractivity contribution in [1.29, 1.82) is 5.26 Å². The van der Waals surface area contributed by atoms with Gasteiger partial charge in [-0.3, -0.25) is 4.79 Å². The molecule has 0 aliphatic heterocycles. The maximum Gasteiger partial charge on any atom is 0.254 e. The molecule has 0 bridgehead atoms. The Morgan fingerprint density at radius 1 is 1.33 bits per heavy atom. The Morgan fingerprint density at radius 3 is 2.44 bits per heavy atom. The summed E-state index contributed by atoms with van der Waals surface area (Å²) in [7, 11) is 4.63. The van der Waals surface area contributed by atoms with E-state index >= 15 is 0 Å². The molecule has 0 aliphatic carbocycles. The first kappa shape index (κ1) is 13.8. The summed E-state index contributed by atoms with van der Waals surface area (Å²) in [6.07, 6.45) is 0. The molecule has 18 heavy (non-hydrogen) atoms. The van der Waals surface area contributed by atoms with Gasteiger partial charge < -0.3 is 14.4 Å². The summed E-state index contributed by atoms with van der Waals surface area (Å²) in [6, 6.07) is 6.44. The molecule has 1 aromatic carbocycles. The quantitative estimate of drug-likeness (QED) is 0.813. The number of amides is 1. The van der Waals surface area contributed by atoms with E-state index in [4.69, 9.17) is 14.7 Å². The minimum absolute atomic E-state index is 0.231. The Hall–Kier alpha value is -2.22. The number of ether oxygens (including phenoxy) is 2. The zero-order chi connectivity index (χ0) is 13.7. The van der Waals surface area contributed by atoms with Crippen LogP contribution in [-0.4, -0.2) is 38.1 Å². The predicted octanol–water partition coefficient (Wildman–Crippen LogP) is 1.69. The molecule has 0 radical (unpaired) electrons. The normalized spacial score (nSPS) is 11.3. The molecule has 0 aromatic heterocycles. The molecule has 1 unspecified atom stereocenters. The van der Waals surface area contributed by atoms with Gasteiger partial charge in [0, 0.05) is 12.6 Å². The van der Waals surface area contributed by atoms with Crippen molar-refractivity contribution in [1.82, 2.24) is 4.90 Å². The van der Waals surface area contributed by atoms with E-state index in [-0.39, 0.29) is 5.91 Å². The molecule has 0 saturated carbocycles. The molecule has 1 amide bonds. The smallest absolute Gasteiger partial charge is 0.254 e. The number of nitrogens with zero attached hydrogens (tertiary/aromatic N) is 2. The molecule has 5 heteroatoms. The molecule has 1 rings (SSSR count). The van der Waals surface area contributed by atoms with E-state index in [1.54, 1.807) is 32.2 Å². The van der Waals surface area contributed by atoms with Gasteiger partial charge in [-0.2, -0.15) is 5.26 Å². The van der Waals surface area contributed by atoms with Gasteiger partial charge in [-0.1, -0.05) is 0 Å². The Labute approximate surface area is 107 Å². The van der Waals surface area contributed by atoms with E-state index in [1.165, 1.54) is 19.1 Å². The van der Waals surface area contributed by atoms with E-state index < -0.39 is 6.04 Å². The van der Waals surface area contributed by atoms with E-state index in [0.717, 1.165) is 0 Å². The van der Waals surface area contributed by atoms with Gasteiger partial charge in [0.15, 0.2) is 11.5 Å². The van der Waals surface area contributed by atoms with E-state index in [0.29, 0.717) is 17.1 Å². The van der Waals surface area contributed by atoms with Gasteiger partial charge in [-0.05, 0) is 25.1 Å². The number of nitriles is 1. The number of methoxy groups -OCH3 is 2. The maximum absolute atomic E-state index is 12.1. The van der Waals surface area contributed by atoms with Crippen LogP contribution in [0.1, 0.15) is 17.3 Å². The average Bonchev–Trinajstić information content (AvgIpc) is 2.43. The Bertz CT molecular complexity index is 480. The molecule has 0 spiro atoms. The molecule has 96 valence electrons. The van der Waals surface area contributed by atoms with Crippen LogP contribution in [0.5, 0.6) is 11.5 Å². The monoisotopic (exact) mass is 248 g/mol. The van der Waals surface area contributed by atoms with Crippen molar-refractivity contribution in [2.24, 2.45) is 0 Å². The molecule has 5 nitrogen and oxygen atoms in total. The fraction of sp³-hybridized carbons (Fsp3) is 0.385. The first-order valence-corrected chi connectivity index (χ1v) is 5.44. The summed E-state index contributed by atoms with van der Waals surface area (Å²) in [5, 5.41) is 8.80. The number of carbonyl (C=O) groups excluding carboxylic acids is 1. The highest BCUT2D eigenvalue weighted by atomic mass is 16.5. The number of hydrogen-bond donors (Lipinski definition) is 0. The Balaban J connectivity index is 3.04. The molecule has 0 heterocycles. The second-order valence-corrected chi connectivity index (χ2v) is 3.79. The van der Waals surface area contributed by atoms with E-state index in [2.05, 4.69) is 0 Å². The molecule has 1 atom stereocenters. The Kier molecular flexibility index (Phi) is 4.55. The lowest BCUT2D eigenvalue weighted by atomic mass is 10.1. The minimum Gasteiger partial charge on any atom is -0.493 e. The van der Waals surface area contributed by atoms with Crippen LogP contribution in [0.15, 0.2) is 18.2 Å². The lowest BCUT2D eigenvalue weighted by molar-refractivity contribution is 0.0772. The fourth-order valence-corrected chi connectivity index (χ4v) is 1.44. The number of rotatable bonds is 4. The summed E-state index contributed by atoms with van der Waals surface area (Å²) >= 11 is 0. The zero-order valence-corrected chi connectivity index (χ0v) is 10.9. The van der Waals surface area contributed by atoms with Crippen LogP contribution in [0.4, 0.5) is 0 Å². The van der Waals surface area contributed by atoms with Crippen molar-refractivity contribution in [3.05, 3.63) is 23.8 Å². The largest absolute Gasteiger partial charge is 0.493 e. The number of hydrogen-bond acceptors (Lipinski definition) is 4. The van der Waals surface area contributed by atoms with Crippen LogP contribution in [-0.2, 0) is 0 Å². The second kappa shape index (κ2) is 5.92. The average molecular weight is 248 g/mol. The van der Waals surface area contributed by atoms with Gasteiger partial charge >= 0.3 is 0 Å². The maximum atomic E-state index is 12.1. The SMILES string of the molecule is COc1ccc(C(=O)N(C)C(C)C#N)cc1OC. The van der Waals surface area contributed by atoms with Crippen LogP contribution in [0.2, 0.25) is 0 Å². The standard InChI is InChI=1S/C13H16N2O3/c1-9(8-14)15(2)13(16)10-5-6-11(17-3)12(7-10)18-4/h5-7,9H,1-4H3. The van der Waals surface area contributed by atoms with Crippen molar-refractivity contribution in [3.8, 4) is 17.6 Å². The van der Waals surface area contributed by atoms with Crippen molar-refractivity contribution < 1.29 is 14.3 Å². The van der Waals surface area contributed by atoms with Crippen LogP contribution in [0.25, 0.3) is 0 Å². The third-order valence-electron chi connectivity index (χ3n) is 2.72. The predicted molar refractivity (Wildman–Crippen MR) is 66.7 cm³/mol. The van der Waals surface area contributed by atoms with E-state index in [9.17, 15) is 4.79 Å². The van der Waals surface area contributed by atoms with Gasteiger partial charge in [0.2, 0.25) is 0 Å². The highest BCUT2D eigenvalue weighted by Crippen LogP contribution is 2.28.